The molecule has 0 saturated carbocycles. The summed E-state index contributed by atoms with van der Waals surface area (Å²) < 4.78 is 0. The Morgan fingerprint density at radius 3 is 2.50 bits per heavy atom. The number of hydrogen-bond acceptors (Lipinski definition) is 0. The zero-order valence-corrected chi connectivity index (χ0v) is 9.68. The predicted octanol–water partition coefficient (Wildman–Crippen LogP) is 4.58. The molecule has 0 nitrogen and oxygen atoms in total. The Kier molecular flexibility index (Phi) is 2.71. The molecular weight excluding hydrogens is 212 g/mol. The van der Waals surface area contributed by atoms with Gasteiger partial charge in [-0.2, -0.15) is 0 Å². The van der Waals surface area contributed by atoms with Gasteiger partial charge in [-0.25, -0.2) is 0 Å². The molecule has 0 radical (unpaired) electrons. The molecule has 74 valence electrons. The molecule has 0 amide bonds. The second-order valence-corrected chi connectivity index (χ2v) is 7.71. The highest BCUT2D eigenvalue weighted by molar-refractivity contribution is 8.55. The van der Waals surface area contributed by atoms with Crippen molar-refractivity contribution in [1.29, 1.82) is 0 Å². The van der Waals surface area contributed by atoms with E-state index in [1.807, 2.05) is 6.07 Å². The van der Waals surface area contributed by atoms with Crippen molar-refractivity contribution in [3.63, 3.8) is 0 Å². The Hall–Kier alpha value is -0.660. The lowest BCUT2D eigenvalue weighted by Gasteiger charge is -2.27. The Morgan fingerprint density at radius 2 is 1.93 bits per heavy atom. The van der Waals surface area contributed by atoms with Crippen LogP contribution in [0.2, 0.25) is 0 Å². The van der Waals surface area contributed by atoms with Gasteiger partial charge in [0.25, 0.3) is 0 Å². The highest BCUT2D eigenvalue weighted by Crippen LogP contribution is 2.65. The van der Waals surface area contributed by atoms with Gasteiger partial charge in [-0.1, -0.05) is 53.2 Å². The average Bonchev–Trinajstić information content (AvgIpc) is 2.48. The molecule has 0 fully saturated rings. The zero-order valence-electron chi connectivity index (χ0n) is 8.11. The molecule has 0 bridgehead atoms. The largest absolute Gasteiger partial charge is 0.115 e. The van der Waals surface area contributed by atoms with Crippen LogP contribution in [-0.4, -0.2) is 0 Å². The van der Waals surface area contributed by atoms with E-state index < -0.39 is 9.24 Å². The van der Waals surface area contributed by atoms with Crippen molar-refractivity contribution < 1.29 is 0 Å². The van der Waals surface area contributed by atoms with Crippen LogP contribution in [0.4, 0.5) is 0 Å². The van der Waals surface area contributed by atoms with Crippen molar-refractivity contribution in [2.24, 2.45) is 0 Å². The first-order valence-corrected chi connectivity index (χ1v) is 7.29. The van der Waals surface area contributed by atoms with E-state index in [1.165, 1.54) is 10.5 Å². The number of allylic oxidation sites excluding steroid dienone is 3. The van der Waals surface area contributed by atoms with E-state index in [-0.39, 0.29) is 0 Å². The Bertz CT molecular complexity index is 381. The molecule has 0 aliphatic carbocycles. The molecule has 2 heteroatoms. The monoisotopic (exact) mass is 224 g/mol. The summed E-state index contributed by atoms with van der Waals surface area (Å²) in [7, 11) is 5.40. The lowest BCUT2D eigenvalue weighted by molar-refractivity contribution is 1.41. The lowest BCUT2D eigenvalue weighted by Crippen LogP contribution is -1.92. The van der Waals surface area contributed by atoms with Crippen LogP contribution in [0.15, 0.2) is 52.8 Å². The van der Waals surface area contributed by atoms with E-state index in [0.29, 0.717) is 0 Å². The minimum Gasteiger partial charge on any atom is -0.115 e. The number of rotatable bonds is 2. The molecular formula is C12H13ClS. The maximum atomic E-state index is 6.58. The van der Waals surface area contributed by atoms with Gasteiger partial charge in [-0.3, -0.25) is 0 Å². The Morgan fingerprint density at radius 1 is 1.21 bits per heavy atom. The standard InChI is InChI=1S/C12H13ClS/c1-11-6-5-9-14(11,13)10-12-7-3-2-4-8-12/h2-9H,10H2,1H3. The molecule has 0 N–H and O–H groups in total. The topological polar surface area (TPSA) is 0 Å². The van der Waals surface area contributed by atoms with Gasteiger partial charge in [-0.15, -0.1) is 9.24 Å². The van der Waals surface area contributed by atoms with Gasteiger partial charge in [0.05, 0.1) is 0 Å². The summed E-state index contributed by atoms with van der Waals surface area (Å²) in [6, 6.07) is 10.4. The van der Waals surface area contributed by atoms with Gasteiger partial charge < -0.3 is 0 Å². The van der Waals surface area contributed by atoms with Crippen LogP contribution in [0.25, 0.3) is 0 Å². The summed E-state index contributed by atoms with van der Waals surface area (Å²) in [4.78, 5) is 1.31. The smallest absolute Gasteiger partial charge is 0.0225 e. The SMILES string of the molecule is CC1=CC=CS1(Cl)Cc1ccccc1. The summed E-state index contributed by atoms with van der Waals surface area (Å²) >= 11 is 0. The summed E-state index contributed by atoms with van der Waals surface area (Å²) in [5, 5.41) is 2.15. The molecule has 14 heavy (non-hydrogen) atoms. The summed E-state index contributed by atoms with van der Waals surface area (Å²) in [6.07, 6.45) is 4.19. The first kappa shape index (κ1) is 9.88. The van der Waals surface area contributed by atoms with Crippen molar-refractivity contribution in [3.05, 3.63) is 58.4 Å². The molecule has 1 aromatic carbocycles. The third-order valence-electron chi connectivity index (χ3n) is 2.38. The minimum absolute atomic E-state index is 0.953. The molecule has 0 saturated heterocycles. The van der Waals surface area contributed by atoms with Crippen LogP contribution in [-0.2, 0) is 5.75 Å². The van der Waals surface area contributed by atoms with Gasteiger partial charge in [0.2, 0.25) is 0 Å². The second-order valence-electron chi connectivity index (χ2n) is 3.44. The van der Waals surface area contributed by atoms with Crippen LogP contribution >= 0.6 is 19.9 Å². The first-order chi connectivity index (χ1) is 6.71. The number of halogens is 1. The van der Waals surface area contributed by atoms with Crippen molar-refractivity contribution in [1.82, 2.24) is 0 Å². The van der Waals surface area contributed by atoms with E-state index in [1.54, 1.807) is 0 Å². The van der Waals surface area contributed by atoms with Crippen LogP contribution in [0, 0.1) is 0 Å². The van der Waals surface area contributed by atoms with E-state index in [0.717, 1.165) is 5.75 Å². The zero-order chi connectivity index (χ0) is 10.0. The van der Waals surface area contributed by atoms with Crippen molar-refractivity contribution >= 4 is 19.9 Å². The molecule has 0 spiro atoms. The van der Waals surface area contributed by atoms with E-state index in [4.69, 9.17) is 10.7 Å². The van der Waals surface area contributed by atoms with Crippen molar-refractivity contribution in [3.8, 4) is 0 Å². The summed E-state index contributed by atoms with van der Waals surface area (Å²) in [6.45, 7) is 2.12. The summed E-state index contributed by atoms with van der Waals surface area (Å²) in [5.74, 6) is 0.953. The third-order valence-corrected chi connectivity index (χ3v) is 6.29. The number of hydrogen-bond donors (Lipinski definition) is 0. The van der Waals surface area contributed by atoms with Gasteiger partial charge >= 0.3 is 0 Å². The molecule has 1 heterocycles. The quantitative estimate of drug-likeness (QED) is 0.690. The fraction of sp³-hybridized carbons (Fsp3) is 0.167. The molecule has 1 aliphatic rings. The maximum absolute atomic E-state index is 6.58. The lowest BCUT2D eigenvalue weighted by atomic mass is 10.2. The van der Waals surface area contributed by atoms with Crippen molar-refractivity contribution in [2.45, 2.75) is 12.7 Å². The second kappa shape index (κ2) is 3.84. The van der Waals surface area contributed by atoms with E-state index >= 15 is 0 Å². The predicted molar refractivity (Wildman–Crippen MR) is 66.5 cm³/mol. The Labute approximate surface area is 91.1 Å². The molecule has 1 aliphatic heterocycles. The molecule has 1 aromatic rings. The normalized spacial score (nSPS) is 29.7. The fourth-order valence-corrected chi connectivity index (χ4v) is 4.06. The van der Waals surface area contributed by atoms with Crippen LogP contribution in [0.1, 0.15) is 12.5 Å². The molecule has 0 aromatic heterocycles. The average molecular weight is 225 g/mol. The van der Waals surface area contributed by atoms with Gasteiger partial charge in [0.15, 0.2) is 0 Å². The molecule has 1 atom stereocenters. The maximum Gasteiger partial charge on any atom is 0.0225 e. The Balaban J connectivity index is 2.20. The van der Waals surface area contributed by atoms with E-state index in [2.05, 4.69) is 48.7 Å². The third kappa shape index (κ3) is 1.89. The molecule has 1 unspecified atom stereocenters. The number of benzene rings is 1. The van der Waals surface area contributed by atoms with Gasteiger partial charge in [0.1, 0.15) is 0 Å². The molecule has 2 rings (SSSR count). The minimum atomic E-state index is -1.18. The van der Waals surface area contributed by atoms with Gasteiger partial charge in [0, 0.05) is 5.75 Å². The highest BCUT2D eigenvalue weighted by atomic mass is 35.7. The highest BCUT2D eigenvalue weighted by Gasteiger charge is 2.23. The van der Waals surface area contributed by atoms with Crippen molar-refractivity contribution in [2.75, 3.05) is 0 Å². The van der Waals surface area contributed by atoms with E-state index in [9.17, 15) is 0 Å². The summed E-state index contributed by atoms with van der Waals surface area (Å²) in [5.41, 5.74) is 1.32. The van der Waals surface area contributed by atoms with Crippen LogP contribution in [0.3, 0.4) is 0 Å². The fourth-order valence-electron chi connectivity index (χ4n) is 1.50. The van der Waals surface area contributed by atoms with Crippen LogP contribution < -0.4 is 0 Å². The first-order valence-electron chi connectivity index (χ1n) is 4.60. The van der Waals surface area contributed by atoms with Gasteiger partial charge in [-0.05, 0) is 22.8 Å². The van der Waals surface area contributed by atoms with Crippen LogP contribution in [0.5, 0.6) is 0 Å².